The predicted octanol–water partition coefficient (Wildman–Crippen LogP) is 2.76. The lowest BCUT2D eigenvalue weighted by Crippen LogP contribution is -2.43. The maximum absolute atomic E-state index is 5.73. The molecule has 3 nitrogen and oxygen atoms in total. The van der Waals surface area contributed by atoms with Gasteiger partial charge in [-0.05, 0) is 31.6 Å². The fourth-order valence-electron chi connectivity index (χ4n) is 2.87. The molecule has 0 aromatic carbocycles. The van der Waals surface area contributed by atoms with Gasteiger partial charge in [0.2, 0.25) is 0 Å². The van der Waals surface area contributed by atoms with Crippen molar-refractivity contribution in [2.75, 3.05) is 32.8 Å². The van der Waals surface area contributed by atoms with Crippen LogP contribution in [0.2, 0.25) is 0 Å². The molecule has 1 N–H and O–H groups in total. The minimum atomic E-state index is 0.434. The van der Waals surface area contributed by atoms with E-state index in [1.54, 1.807) is 0 Å². The van der Waals surface area contributed by atoms with Crippen molar-refractivity contribution >= 4 is 0 Å². The monoisotopic (exact) mass is 270 g/mol. The zero-order valence-electron chi connectivity index (χ0n) is 13.6. The Morgan fingerprint density at radius 3 is 2.21 bits per heavy atom. The second kappa shape index (κ2) is 8.93. The zero-order chi connectivity index (χ0) is 14.3. The first kappa shape index (κ1) is 16.9. The van der Waals surface area contributed by atoms with Gasteiger partial charge in [0, 0.05) is 38.8 Å². The number of ether oxygens (including phenoxy) is 1. The van der Waals surface area contributed by atoms with E-state index in [-0.39, 0.29) is 0 Å². The third-order valence-electron chi connectivity index (χ3n) is 3.66. The molecule has 1 aliphatic heterocycles. The molecule has 0 amide bonds. The Bertz CT molecular complexity index is 215. The lowest BCUT2D eigenvalue weighted by molar-refractivity contribution is 0.0822. The molecule has 0 spiro atoms. The Balaban J connectivity index is 2.22. The van der Waals surface area contributed by atoms with Crippen molar-refractivity contribution in [2.45, 2.75) is 59.6 Å². The molecule has 19 heavy (non-hydrogen) atoms. The van der Waals surface area contributed by atoms with Crippen LogP contribution in [0.15, 0.2) is 0 Å². The van der Waals surface area contributed by atoms with Gasteiger partial charge in [-0.1, -0.05) is 27.7 Å². The van der Waals surface area contributed by atoms with Gasteiger partial charge in [0.1, 0.15) is 0 Å². The highest BCUT2D eigenvalue weighted by Gasteiger charge is 2.21. The molecule has 0 aromatic rings. The molecule has 0 aromatic heterocycles. The lowest BCUT2D eigenvalue weighted by Gasteiger charge is -2.27. The quantitative estimate of drug-likeness (QED) is 0.697. The fourth-order valence-corrected chi connectivity index (χ4v) is 2.87. The van der Waals surface area contributed by atoms with Gasteiger partial charge < -0.3 is 15.0 Å². The van der Waals surface area contributed by atoms with Gasteiger partial charge in [-0.25, -0.2) is 0 Å². The van der Waals surface area contributed by atoms with Crippen molar-refractivity contribution in [3.05, 3.63) is 0 Å². The van der Waals surface area contributed by atoms with Gasteiger partial charge in [-0.15, -0.1) is 0 Å². The summed E-state index contributed by atoms with van der Waals surface area (Å²) in [7, 11) is 0. The van der Waals surface area contributed by atoms with E-state index in [0.717, 1.165) is 31.5 Å². The topological polar surface area (TPSA) is 24.5 Å². The first-order valence-electron chi connectivity index (χ1n) is 8.06. The van der Waals surface area contributed by atoms with Gasteiger partial charge in [0.05, 0.1) is 6.10 Å². The summed E-state index contributed by atoms with van der Waals surface area (Å²) >= 11 is 0. The van der Waals surface area contributed by atoms with Gasteiger partial charge in [0.25, 0.3) is 0 Å². The van der Waals surface area contributed by atoms with Crippen molar-refractivity contribution in [1.29, 1.82) is 0 Å². The van der Waals surface area contributed by atoms with Crippen molar-refractivity contribution < 1.29 is 4.74 Å². The van der Waals surface area contributed by atoms with Crippen LogP contribution < -0.4 is 5.32 Å². The third-order valence-corrected chi connectivity index (χ3v) is 3.66. The van der Waals surface area contributed by atoms with Crippen molar-refractivity contribution in [1.82, 2.24) is 10.2 Å². The fraction of sp³-hybridized carbons (Fsp3) is 1.00. The van der Waals surface area contributed by atoms with Gasteiger partial charge in [-0.3, -0.25) is 0 Å². The summed E-state index contributed by atoms with van der Waals surface area (Å²) in [5, 5.41) is 3.63. The van der Waals surface area contributed by atoms with Crippen LogP contribution >= 0.6 is 0 Å². The molecule has 0 radical (unpaired) electrons. The van der Waals surface area contributed by atoms with Crippen LogP contribution in [0.25, 0.3) is 0 Å². The van der Waals surface area contributed by atoms with E-state index < -0.39 is 0 Å². The summed E-state index contributed by atoms with van der Waals surface area (Å²) in [5.74, 6) is 1.49. The Labute approximate surface area is 120 Å². The van der Waals surface area contributed by atoms with E-state index in [1.165, 1.54) is 25.9 Å². The highest BCUT2D eigenvalue weighted by molar-refractivity contribution is 4.77. The van der Waals surface area contributed by atoms with E-state index in [2.05, 4.69) is 44.8 Å². The highest BCUT2D eigenvalue weighted by Crippen LogP contribution is 2.15. The molecule has 1 fully saturated rings. The smallest absolute Gasteiger partial charge is 0.0726 e. The maximum Gasteiger partial charge on any atom is 0.0726 e. The lowest BCUT2D eigenvalue weighted by atomic mass is 10.1. The van der Waals surface area contributed by atoms with E-state index in [1.807, 2.05) is 0 Å². The Kier molecular flexibility index (Phi) is 7.96. The summed E-state index contributed by atoms with van der Waals surface area (Å²) < 4.78 is 5.73. The first-order chi connectivity index (χ1) is 8.99. The largest absolute Gasteiger partial charge is 0.377 e. The first-order valence-corrected chi connectivity index (χ1v) is 8.06. The molecule has 0 bridgehead atoms. The van der Waals surface area contributed by atoms with Gasteiger partial charge >= 0.3 is 0 Å². The second-order valence-electron chi connectivity index (χ2n) is 6.84. The van der Waals surface area contributed by atoms with Crippen LogP contribution in [0.5, 0.6) is 0 Å². The summed E-state index contributed by atoms with van der Waals surface area (Å²) in [6, 6.07) is 0.488. The van der Waals surface area contributed by atoms with Crippen molar-refractivity contribution in [3.63, 3.8) is 0 Å². The van der Waals surface area contributed by atoms with Crippen molar-refractivity contribution in [2.24, 2.45) is 11.8 Å². The van der Waals surface area contributed by atoms with E-state index >= 15 is 0 Å². The van der Waals surface area contributed by atoms with Gasteiger partial charge in [0.15, 0.2) is 0 Å². The third kappa shape index (κ3) is 7.28. The molecule has 1 aliphatic rings. The van der Waals surface area contributed by atoms with E-state index in [0.29, 0.717) is 12.1 Å². The maximum atomic E-state index is 5.73. The zero-order valence-corrected chi connectivity index (χ0v) is 13.6. The van der Waals surface area contributed by atoms with Crippen LogP contribution in [0.3, 0.4) is 0 Å². The minimum absolute atomic E-state index is 0.434. The summed E-state index contributed by atoms with van der Waals surface area (Å²) in [6.07, 6.45) is 2.88. The molecule has 1 heterocycles. The molecular weight excluding hydrogens is 236 g/mol. The summed E-state index contributed by atoms with van der Waals surface area (Å²) in [4.78, 5) is 2.59. The van der Waals surface area contributed by atoms with Crippen LogP contribution in [0.4, 0.5) is 0 Å². The summed E-state index contributed by atoms with van der Waals surface area (Å²) in [6.45, 7) is 17.0. The van der Waals surface area contributed by atoms with Crippen LogP contribution in [-0.4, -0.2) is 49.8 Å². The molecule has 1 saturated heterocycles. The van der Waals surface area contributed by atoms with Crippen LogP contribution in [0, 0.1) is 11.8 Å². The van der Waals surface area contributed by atoms with Gasteiger partial charge in [-0.2, -0.15) is 0 Å². The Morgan fingerprint density at radius 1 is 1.11 bits per heavy atom. The van der Waals surface area contributed by atoms with Crippen LogP contribution in [0.1, 0.15) is 47.5 Å². The second-order valence-corrected chi connectivity index (χ2v) is 6.84. The molecular formula is C16H34N2O. The molecule has 2 unspecified atom stereocenters. The molecule has 114 valence electrons. The number of nitrogens with zero attached hydrogens (tertiary/aromatic N) is 1. The molecule has 1 rings (SSSR count). The number of hydrogen-bond acceptors (Lipinski definition) is 3. The average molecular weight is 270 g/mol. The molecule has 3 heteroatoms. The summed E-state index contributed by atoms with van der Waals surface area (Å²) in [5.41, 5.74) is 0. The predicted molar refractivity (Wildman–Crippen MR) is 82.6 cm³/mol. The Hall–Kier alpha value is -0.120. The number of hydrogen-bond donors (Lipinski definition) is 1. The number of rotatable bonds is 9. The highest BCUT2D eigenvalue weighted by atomic mass is 16.5. The average Bonchev–Trinajstić information content (AvgIpc) is 2.80. The molecule has 0 saturated carbocycles. The van der Waals surface area contributed by atoms with E-state index in [4.69, 9.17) is 4.74 Å². The number of nitrogens with one attached hydrogen (secondary N) is 1. The minimum Gasteiger partial charge on any atom is -0.377 e. The SMILES string of the molecule is CC(C)CN(CCNC(C)C1CCCO1)CC(C)C. The van der Waals surface area contributed by atoms with Crippen molar-refractivity contribution in [3.8, 4) is 0 Å². The normalized spacial score (nSPS) is 21.8. The molecule has 2 atom stereocenters. The molecule has 0 aliphatic carbocycles. The Morgan fingerprint density at radius 2 is 1.74 bits per heavy atom. The van der Waals surface area contributed by atoms with E-state index in [9.17, 15) is 0 Å². The standard InChI is InChI=1S/C16H34N2O/c1-13(2)11-18(12-14(3)4)9-8-17-15(5)16-7-6-10-19-16/h13-17H,6-12H2,1-5H3. The van der Waals surface area contributed by atoms with Crippen LogP contribution in [-0.2, 0) is 4.74 Å².